The van der Waals surface area contributed by atoms with E-state index in [4.69, 9.17) is 0 Å². The van der Waals surface area contributed by atoms with Crippen LogP contribution in [0, 0.1) is 17.0 Å². The second-order valence-corrected chi connectivity index (χ2v) is 7.44. The summed E-state index contributed by atoms with van der Waals surface area (Å²) in [5, 5.41) is 23.6. The molecule has 3 aromatic rings. The van der Waals surface area contributed by atoms with Crippen LogP contribution in [0.1, 0.15) is 15.9 Å². The lowest BCUT2D eigenvalue weighted by Crippen LogP contribution is -2.15. The molecule has 0 unspecified atom stereocenters. The Balaban J connectivity index is 2.14. The van der Waals surface area contributed by atoms with Gasteiger partial charge in [-0.15, -0.1) is 0 Å². The second-order valence-electron chi connectivity index (χ2n) is 6.05. The van der Waals surface area contributed by atoms with Crippen LogP contribution in [-0.4, -0.2) is 28.9 Å². The summed E-state index contributed by atoms with van der Waals surface area (Å²) in [6, 6.07) is 10.1. The minimum atomic E-state index is -4.55. The Hall–Kier alpha value is -3.50. The topological polar surface area (TPSA) is 147 Å². The Morgan fingerprint density at radius 2 is 1.79 bits per heavy atom. The van der Waals surface area contributed by atoms with Gasteiger partial charge in [-0.05, 0) is 48.9 Å². The SMILES string of the molecule is Cc1ccc([N+](=O)[O-])c(C(=O)Nc2ccc(S(=O)(=O)O)c3ccc(O)cc23)c1. The first-order valence-corrected chi connectivity index (χ1v) is 9.31. The van der Waals surface area contributed by atoms with Crippen LogP contribution < -0.4 is 5.32 Å². The monoisotopic (exact) mass is 402 g/mol. The third kappa shape index (κ3) is 3.63. The first-order chi connectivity index (χ1) is 13.1. The molecule has 0 saturated heterocycles. The molecule has 0 spiro atoms. The molecule has 0 bridgehead atoms. The van der Waals surface area contributed by atoms with E-state index in [1.54, 1.807) is 6.92 Å². The number of carbonyl (C=O) groups is 1. The first kappa shape index (κ1) is 19.3. The molecule has 0 aliphatic heterocycles. The second kappa shape index (κ2) is 6.91. The average Bonchev–Trinajstić information content (AvgIpc) is 2.60. The summed E-state index contributed by atoms with van der Waals surface area (Å²) < 4.78 is 32.5. The van der Waals surface area contributed by atoms with Crippen LogP contribution in [0.2, 0.25) is 0 Å². The number of rotatable bonds is 4. The summed E-state index contributed by atoms with van der Waals surface area (Å²) in [6.07, 6.45) is 0. The van der Waals surface area contributed by atoms with E-state index < -0.39 is 25.8 Å². The molecule has 0 heterocycles. The van der Waals surface area contributed by atoms with Crippen molar-refractivity contribution in [2.45, 2.75) is 11.8 Å². The number of anilines is 1. The lowest BCUT2D eigenvalue weighted by atomic mass is 10.1. The zero-order valence-corrected chi connectivity index (χ0v) is 15.2. The van der Waals surface area contributed by atoms with E-state index in [1.165, 1.54) is 42.5 Å². The van der Waals surface area contributed by atoms with Crippen LogP contribution >= 0.6 is 0 Å². The summed E-state index contributed by atoms with van der Waals surface area (Å²) >= 11 is 0. The minimum Gasteiger partial charge on any atom is -0.508 e. The van der Waals surface area contributed by atoms with E-state index in [-0.39, 0.29) is 33.5 Å². The van der Waals surface area contributed by atoms with Crippen molar-refractivity contribution in [2.75, 3.05) is 5.32 Å². The lowest BCUT2D eigenvalue weighted by molar-refractivity contribution is -0.385. The quantitative estimate of drug-likeness (QED) is 0.345. The smallest absolute Gasteiger partial charge is 0.295 e. The predicted molar refractivity (Wildman–Crippen MR) is 101 cm³/mol. The van der Waals surface area contributed by atoms with Crippen molar-refractivity contribution in [1.82, 2.24) is 0 Å². The summed E-state index contributed by atoms with van der Waals surface area (Å²) in [6.45, 7) is 1.68. The maximum absolute atomic E-state index is 12.7. The highest BCUT2D eigenvalue weighted by Crippen LogP contribution is 2.33. The Morgan fingerprint density at radius 1 is 1.07 bits per heavy atom. The van der Waals surface area contributed by atoms with E-state index in [0.29, 0.717) is 5.56 Å². The molecule has 3 aromatic carbocycles. The number of nitrogens with one attached hydrogen (secondary N) is 1. The van der Waals surface area contributed by atoms with Crippen LogP contribution in [0.25, 0.3) is 10.8 Å². The Kier molecular flexibility index (Phi) is 4.75. The Morgan fingerprint density at radius 3 is 2.43 bits per heavy atom. The standard InChI is InChI=1S/C18H14N2O7S/c1-10-2-6-16(20(23)24)14(8-10)18(22)19-15-5-7-17(28(25,26)27)12-4-3-11(21)9-13(12)15/h2-9,21H,1H3,(H,19,22)(H,25,26,27). The third-order valence-electron chi connectivity index (χ3n) is 4.08. The number of amides is 1. The van der Waals surface area contributed by atoms with Gasteiger partial charge in [0.05, 0.1) is 4.92 Å². The number of hydrogen-bond acceptors (Lipinski definition) is 6. The number of nitro benzene ring substituents is 1. The number of carbonyl (C=O) groups excluding carboxylic acids is 1. The number of nitro groups is 1. The van der Waals surface area contributed by atoms with Gasteiger partial charge in [-0.25, -0.2) is 0 Å². The fourth-order valence-corrected chi connectivity index (χ4v) is 3.52. The molecule has 9 nitrogen and oxygen atoms in total. The molecular formula is C18H14N2O7S. The van der Waals surface area contributed by atoms with Gasteiger partial charge >= 0.3 is 0 Å². The molecule has 10 heteroatoms. The number of phenolic OH excluding ortho intramolecular Hbond substituents is 1. The maximum Gasteiger partial charge on any atom is 0.295 e. The van der Waals surface area contributed by atoms with Crippen molar-refractivity contribution in [3.8, 4) is 5.75 Å². The van der Waals surface area contributed by atoms with Gasteiger partial charge in [-0.2, -0.15) is 8.42 Å². The van der Waals surface area contributed by atoms with Gasteiger partial charge in [0, 0.05) is 22.5 Å². The number of fused-ring (bicyclic) bond motifs is 1. The van der Waals surface area contributed by atoms with Crippen molar-refractivity contribution < 1.29 is 27.8 Å². The van der Waals surface area contributed by atoms with Gasteiger partial charge in [-0.3, -0.25) is 19.5 Å². The van der Waals surface area contributed by atoms with Crippen LogP contribution in [0.3, 0.4) is 0 Å². The fraction of sp³-hybridized carbons (Fsp3) is 0.0556. The van der Waals surface area contributed by atoms with Crippen molar-refractivity contribution in [2.24, 2.45) is 0 Å². The predicted octanol–water partition coefficient (Wildman–Crippen LogP) is 3.26. The molecule has 0 saturated carbocycles. The van der Waals surface area contributed by atoms with Crippen LogP contribution in [0.5, 0.6) is 5.75 Å². The van der Waals surface area contributed by atoms with Crippen molar-refractivity contribution >= 4 is 38.2 Å². The van der Waals surface area contributed by atoms with Gasteiger partial charge in [0.25, 0.3) is 21.7 Å². The molecule has 3 N–H and O–H groups in total. The lowest BCUT2D eigenvalue weighted by Gasteiger charge is -2.12. The van der Waals surface area contributed by atoms with Gasteiger partial charge in [0.15, 0.2) is 0 Å². The van der Waals surface area contributed by atoms with E-state index in [1.807, 2.05) is 0 Å². The molecule has 0 aliphatic rings. The van der Waals surface area contributed by atoms with Crippen LogP contribution in [-0.2, 0) is 10.1 Å². The van der Waals surface area contributed by atoms with Crippen LogP contribution in [0.4, 0.5) is 11.4 Å². The van der Waals surface area contributed by atoms with E-state index in [0.717, 1.165) is 6.07 Å². The van der Waals surface area contributed by atoms with Gasteiger partial charge < -0.3 is 10.4 Å². The van der Waals surface area contributed by atoms with Gasteiger partial charge in [0.1, 0.15) is 16.2 Å². The van der Waals surface area contributed by atoms with Crippen molar-refractivity contribution in [3.05, 3.63) is 69.8 Å². The number of hydrogen-bond donors (Lipinski definition) is 3. The van der Waals surface area contributed by atoms with Crippen LogP contribution in [0.15, 0.2) is 53.4 Å². The number of aromatic hydroxyl groups is 1. The molecule has 0 aromatic heterocycles. The number of nitrogens with zero attached hydrogens (tertiary/aromatic N) is 1. The summed E-state index contributed by atoms with van der Waals surface area (Å²) in [4.78, 5) is 22.8. The molecule has 3 rings (SSSR count). The van der Waals surface area contributed by atoms with Crippen molar-refractivity contribution in [1.29, 1.82) is 0 Å². The zero-order chi connectivity index (χ0) is 20.6. The summed E-state index contributed by atoms with van der Waals surface area (Å²) in [5.41, 5.74) is 0.195. The third-order valence-corrected chi connectivity index (χ3v) is 4.99. The summed E-state index contributed by atoms with van der Waals surface area (Å²) in [5.74, 6) is -0.975. The Bertz CT molecular complexity index is 1240. The molecule has 1 amide bonds. The number of phenols is 1. The first-order valence-electron chi connectivity index (χ1n) is 7.87. The average molecular weight is 402 g/mol. The Labute approximate surface area is 159 Å². The molecule has 0 aliphatic carbocycles. The fourth-order valence-electron chi connectivity index (χ4n) is 2.82. The highest BCUT2D eigenvalue weighted by Gasteiger charge is 2.22. The normalized spacial score (nSPS) is 11.4. The van der Waals surface area contributed by atoms with E-state index in [9.17, 15) is 33.0 Å². The zero-order valence-electron chi connectivity index (χ0n) is 14.4. The molecular weight excluding hydrogens is 388 g/mol. The largest absolute Gasteiger partial charge is 0.508 e. The minimum absolute atomic E-state index is 0.0665. The highest BCUT2D eigenvalue weighted by atomic mass is 32.2. The van der Waals surface area contributed by atoms with Gasteiger partial charge in [0.2, 0.25) is 0 Å². The molecule has 144 valence electrons. The van der Waals surface area contributed by atoms with E-state index in [2.05, 4.69) is 5.32 Å². The van der Waals surface area contributed by atoms with Gasteiger partial charge in [-0.1, -0.05) is 6.07 Å². The van der Waals surface area contributed by atoms with Crippen molar-refractivity contribution in [3.63, 3.8) is 0 Å². The number of benzene rings is 3. The highest BCUT2D eigenvalue weighted by molar-refractivity contribution is 7.86. The molecule has 0 fully saturated rings. The number of aryl methyl sites for hydroxylation is 1. The maximum atomic E-state index is 12.7. The molecule has 0 atom stereocenters. The molecule has 28 heavy (non-hydrogen) atoms. The summed E-state index contributed by atoms with van der Waals surface area (Å²) in [7, 11) is -4.55. The molecule has 0 radical (unpaired) electrons. The van der Waals surface area contributed by atoms with E-state index >= 15 is 0 Å².